The van der Waals surface area contributed by atoms with Gasteiger partial charge in [-0.3, -0.25) is 0 Å². The van der Waals surface area contributed by atoms with E-state index in [4.69, 9.17) is 24.7 Å². The topological polar surface area (TPSA) is 58.7 Å². The molecule has 0 unspecified atom stereocenters. The minimum absolute atomic E-state index is 0.600. The Hall–Kier alpha value is -6.72. The second-order valence-electron chi connectivity index (χ2n) is 16.0. The molecule has 0 amide bonds. The number of hydrogen-bond donors (Lipinski definition) is 0. The molecule has 4 aromatic rings. The molecular weight excluding hydrogens is 745 g/mol. The fourth-order valence-corrected chi connectivity index (χ4v) is 8.60. The molecule has 0 fully saturated rings. The summed E-state index contributed by atoms with van der Waals surface area (Å²) in [4.78, 5) is 21.4. The van der Waals surface area contributed by atoms with Crippen LogP contribution in [0.2, 0.25) is 0 Å². The van der Waals surface area contributed by atoms with Crippen LogP contribution in [-0.2, 0) is 4.74 Å². The van der Waals surface area contributed by atoms with Crippen molar-refractivity contribution in [2.45, 2.75) is 71.1 Å². The van der Waals surface area contributed by atoms with Crippen molar-refractivity contribution in [3.05, 3.63) is 215 Å². The van der Waals surface area contributed by atoms with Crippen molar-refractivity contribution < 1.29 is 4.74 Å². The van der Waals surface area contributed by atoms with Gasteiger partial charge in [0.1, 0.15) is 5.71 Å². The van der Waals surface area contributed by atoms with Crippen molar-refractivity contribution in [2.75, 3.05) is 6.61 Å². The number of hydrogen-bond acceptors (Lipinski definition) is 5. The summed E-state index contributed by atoms with van der Waals surface area (Å²) in [5.74, 6) is 0.771. The summed E-state index contributed by atoms with van der Waals surface area (Å²) in [5, 5.41) is 0. The van der Waals surface area contributed by atoms with Crippen LogP contribution in [0.1, 0.15) is 93.4 Å². The minimum atomic E-state index is 0.600. The Labute approximate surface area is 360 Å². The van der Waals surface area contributed by atoms with Crippen LogP contribution in [0, 0.1) is 0 Å². The molecule has 5 aliphatic heterocycles. The maximum Gasteiger partial charge on any atom is 0.155 e. The van der Waals surface area contributed by atoms with Gasteiger partial charge in [0.2, 0.25) is 0 Å². The van der Waals surface area contributed by atoms with E-state index in [-0.39, 0.29) is 0 Å². The van der Waals surface area contributed by atoms with Crippen molar-refractivity contribution in [2.24, 2.45) is 20.0 Å². The number of nitrogens with zero attached hydrogens (tertiary/aromatic N) is 4. The highest BCUT2D eigenvalue weighted by Gasteiger charge is 2.36. The number of rotatable bonds is 16. The Morgan fingerprint density at radius 2 is 0.885 bits per heavy atom. The Morgan fingerprint density at radius 1 is 0.410 bits per heavy atom. The van der Waals surface area contributed by atoms with E-state index in [1.165, 1.54) is 51.4 Å². The molecule has 9 rings (SSSR count). The highest BCUT2D eigenvalue weighted by molar-refractivity contribution is 6.52. The van der Waals surface area contributed by atoms with Crippen LogP contribution in [-0.4, -0.2) is 29.5 Å². The quantitative estimate of drug-likeness (QED) is 0.104. The number of fused-ring (bicyclic) bond motifs is 4. The summed E-state index contributed by atoms with van der Waals surface area (Å²) in [6.45, 7) is 2.88. The first kappa shape index (κ1) is 39.7. The summed E-state index contributed by atoms with van der Waals surface area (Å²) in [6, 6.07) is 42.4. The predicted octanol–water partition coefficient (Wildman–Crippen LogP) is 14.0. The zero-order valence-corrected chi connectivity index (χ0v) is 35.1. The number of ether oxygens (including phenoxy) is 1. The van der Waals surface area contributed by atoms with Gasteiger partial charge in [-0.25, -0.2) is 20.0 Å². The standard InChI is InChI=1S/C56H52N4O/c1-2-3-4-5-6-7-8-9-10-23-36-61-56-49-39-47-35-33-45(58-47)37-44-32-34-46(57-44)38-48-50(40-24-15-11-16-25-40)51(41-26-17-12-18-27-41)54(59-48)52(42-28-19-13-20-29-42)55(60-49)53(56)43-30-21-14-22-31-43/h11-22,24-35,37-39H,2-10,23,36H2,1H3. The van der Waals surface area contributed by atoms with E-state index >= 15 is 0 Å². The van der Waals surface area contributed by atoms with Crippen molar-refractivity contribution in [1.29, 1.82) is 0 Å². The van der Waals surface area contributed by atoms with Crippen LogP contribution in [0.25, 0.3) is 22.3 Å². The molecule has 5 heterocycles. The normalized spacial score (nSPS) is 16.7. The number of unbranched alkanes of at least 4 members (excludes halogenated alkanes) is 9. The van der Waals surface area contributed by atoms with Gasteiger partial charge < -0.3 is 4.74 Å². The third kappa shape index (κ3) is 9.07. The maximum atomic E-state index is 7.01. The molecule has 5 heteroatoms. The maximum absolute atomic E-state index is 7.01. The average Bonchev–Trinajstić information content (AvgIpc) is 4.11. The van der Waals surface area contributed by atoms with Crippen LogP contribution in [0.15, 0.2) is 212 Å². The molecule has 0 atom stereocenters. The largest absolute Gasteiger partial charge is 0.491 e. The molecule has 0 N–H and O–H groups in total. The van der Waals surface area contributed by atoms with Crippen LogP contribution in [0.4, 0.5) is 0 Å². The van der Waals surface area contributed by atoms with Gasteiger partial charge in [-0.2, -0.15) is 0 Å². The second-order valence-corrected chi connectivity index (χ2v) is 16.0. The lowest BCUT2D eigenvalue weighted by atomic mass is 9.85. The lowest BCUT2D eigenvalue weighted by Gasteiger charge is -2.18. The second kappa shape index (κ2) is 19.1. The molecule has 61 heavy (non-hydrogen) atoms. The Kier molecular flexibility index (Phi) is 12.4. The lowest BCUT2D eigenvalue weighted by Crippen LogP contribution is -2.08. The number of allylic oxidation sites excluding steroid dienone is 11. The predicted molar refractivity (Wildman–Crippen MR) is 256 cm³/mol. The molecule has 302 valence electrons. The van der Waals surface area contributed by atoms with Crippen molar-refractivity contribution in [1.82, 2.24) is 0 Å². The van der Waals surface area contributed by atoms with Gasteiger partial charge in [0, 0.05) is 16.7 Å². The number of benzene rings is 4. The molecule has 0 radical (unpaired) electrons. The molecule has 0 saturated carbocycles. The number of aliphatic imine (C=N–C) groups is 4. The summed E-state index contributed by atoms with van der Waals surface area (Å²) in [7, 11) is 0. The Balaban J connectivity index is 1.24. The Morgan fingerprint density at radius 3 is 1.46 bits per heavy atom. The molecule has 0 aliphatic carbocycles. The van der Waals surface area contributed by atoms with Gasteiger partial charge >= 0.3 is 0 Å². The SMILES string of the molecule is CCCCCCCCCCCCOC1=C(c2ccccc2)C2=C(c3ccccc3)C3=NC(=CC4=NC(=CC5=NC(=CC1=N2)C=C5)C=C4)C(c1ccccc1)=C3c1ccccc1. The molecule has 8 bridgehead atoms. The van der Waals surface area contributed by atoms with Crippen LogP contribution >= 0.6 is 0 Å². The van der Waals surface area contributed by atoms with Gasteiger partial charge in [-0.15, -0.1) is 0 Å². The molecule has 0 aromatic heterocycles. The molecule has 0 spiro atoms. The summed E-state index contributed by atoms with van der Waals surface area (Å²) >= 11 is 0. The molecule has 5 nitrogen and oxygen atoms in total. The summed E-state index contributed by atoms with van der Waals surface area (Å²) in [6.07, 6.45) is 27.1. The monoisotopic (exact) mass is 796 g/mol. The van der Waals surface area contributed by atoms with Crippen molar-refractivity contribution >= 4 is 45.1 Å². The smallest absolute Gasteiger partial charge is 0.155 e. The van der Waals surface area contributed by atoms with Crippen LogP contribution in [0.5, 0.6) is 0 Å². The fraction of sp³-hybridized carbons (Fsp3) is 0.214. The first-order chi connectivity index (χ1) is 30.2. The zero-order valence-electron chi connectivity index (χ0n) is 35.1. The van der Waals surface area contributed by atoms with Crippen molar-refractivity contribution in [3.8, 4) is 0 Å². The van der Waals surface area contributed by atoms with E-state index < -0.39 is 0 Å². The molecule has 0 saturated heterocycles. The highest BCUT2D eigenvalue weighted by Crippen LogP contribution is 2.47. The van der Waals surface area contributed by atoms with Crippen LogP contribution < -0.4 is 0 Å². The van der Waals surface area contributed by atoms with E-state index in [2.05, 4.69) is 153 Å². The molecular formula is C56H52N4O. The van der Waals surface area contributed by atoms with E-state index in [0.717, 1.165) is 109 Å². The van der Waals surface area contributed by atoms with Gasteiger partial charge in [-0.1, -0.05) is 186 Å². The summed E-state index contributed by atoms with van der Waals surface area (Å²) in [5.41, 5.74) is 14.8. The molecule has 5 aliphatic rings. The zero-order chi connectivity index (χ0) is 41.2. The molecule has 4 aromatic carbocycles. The van der Waals surface area contributed by atoms with E-state index in [0.29, 0.717) is 6.61 Å². The van der Waals surface area contributed by atoms with Gasteiger partial charge in [-0.05, 0) is 71.2 Å². The lowest BCUT2D eigenvalue weighted by molar-refractivity contribution is 0.225. The van der Waals surface area contributed by atoms with Gasteiger partial charge in [0.25, 0.3) is 0 Å². The van der Waals surface area contributed by atoms with E-state index in [1.807, 2.05) is 18.2 Å². The fourth-order valence-electron chi connectivity index (χ4n) is 8.60. The van der Waals surface area contributed by atoms with Gasteiger partial charge in [0.05, 0.1) is 52.1 Å². The highest BCUT2D eigenvalue weighted by atomic mass is 16.5. The van der Waals surface area contributed by atoms with Crippen LogP contribution in [0.3, 0.4) is 0 Å². The third-order valence-electron chi connectivity index (χ3n) is 11.6. The first-order valence-electron chi connectivity index (χ1n) is 22.2. The van der Waals surface area contributed by atoms with Gasteiger partial charge in [0.15, 0.2) is 5.76 Å². The third-order valence-corrected chi connectivity index (χ3v) is 11.6. The Bertz CT molecular complexity index is 2640. The minimum Gasteiger partial charge on any atom is -0.491 e. The average molecular weight is 797 g/mol. The van der Waals surface area contributed by atoms with E-state index in [9.17, 15) is 0 Å². The summed E-state index contributed by atoms with van der Waals surface area (Å²) < 4.78 is 7.01. The first-order valence-corrected chi connectivity index (χ1v) is 22.2. The van der Waals surface area contributed by atoms with Crippen molar-refractivity contribution in [3.63, 3.8) is 0 Å². The van der Waals surface area contributed by atoms with E-state index in [1.54, 1.807) is 0 Å².